The minimum absolute atomic E-state index is 0.1000. The molecule has 2 saturated carbocycles. The van der Waals surface area contributed by atoms with Crippen LogP contribution in [-0.2, 0) is 28.4 Å². The van der Waals surface area contributed by atoms with E-state index < -0.39 is 54.5 Å². The van der Waals surface area contributed by atoms with Gasteiger partial charge >= 0.3 is 0 Å². The lowest BCUT2D eigenvalue weighted by Crippen LogP contribution is -2.60. The highest BCUT2D eigenvalue weighted by molar-refractivity contribution is 5.02. The van der Waals surface area contributed by atoms with Crippen molar-refractivity contribution in [2.45, 2.75) is 101 Å². The van der Waals surface area contributed by atoms with Gasteiger partial charge in [0.15, 0.2) is 18.4 Å². The largest absolute Gasteiger partial charge is 0.387 e. The molecule has 0 aromatic heterocycles. The summed E-state index contributed by atoms with van der Waals surface area (Å²) >= 11 is 0. The zero-order valence-corrected chi connectivity index (χ0v) is 20.5. The Morgan fingerprint density at radius 2 is 1.59 bits per heavy atom. The van der Waals surface area contributed by atoms with Crippen LogP contribution in [0.1, 0.15) is 47.0 Å². The molecule has 2 bridgehead atoms. The van der Waals surface area contributed by atoms with Crippen LogP contribution in [0.25, 0.3) is 0 Å². The molecule has 196 valence electrons. The van der Waals surface area contributed by atoms with Crippen LogP contribution >= 0.6 is 0 Å². The molecule has 0 aromatic carbocycles. The first-order chi connectivity index (χ1) is 15.9. The summed E-state index contributed by atoms with van der Waals surface area (Å²) in [4.78, 5) is 0. The van der Waals surface area contributed by atoms with Crippen LogP contribution < -0.4 is 0 Å². The Morgan fingerprint density at radius 3 is 2.24 bits per heavy atom. The van der Waals surface area contributed by atoms with E-state index in [1.54, 1.807) is 13.8 Å². The predicted molar refractivity (Wildman–Crippen MR) is 116 cm³/mol. The van der Waals surface area contributed by atoms with E-state index in [4.69, 9.17) is 28.4 Å². The molecule has 1 spiro atoms. The fraction of sp³-hybridized carbons (Fsp3) is 1.00. The summed E-state index contributed by atoms with van der Waals surface area (Å²) in [6, 6.07) is 0. The summed E-state index contributed by atoms with van der Waals surface area (Å²) in [6.07, 6.45) is -4.71. The van der Waals surface area contributed by atoms with Crippen LogP contribution in [0.4, 0.5) is 0 Å². The van der Waals surface area contributed by atoms with Crippen molar-refractivity contribution in [2.24, 2.45) is 23.2 Å². The van der Waals surface area contributed by atoms with E-state index in [0.717, 1.165) is 0 Å². The second-order valence-corrected chi connectivity index (χ2v) is 11.9. The Bertz CT molecular complexity index is 745. The van der Waals surface area contributed by atoms with Crippen molar-refractivity contribution < 1.29 is 48.8 Å². The Kier molecular flexibility index (Phi) is 6.59. The van der Waals surface area contributed by atoms with E-state index in [0.29, 0.717) is 24.4 Å². The van der Waals surface area contributed by atoms with Crippen molar-refractivity contribution in [3.05, 3.63) is 0 Å². The Labute approximate surface area is 200 Å². The van der Waals surface area contributed by atoms with Crippen LogP contribution in [0, 0.1) is 23.2 Å². The van der Waals surface area contributed by atoms with Crippen LogP contribution in [0.2, 0.25) is 0 Å². The van der Waals surface area contributed by atoms with Crippen LogP contribution in [0.15, 0.2) is 0 Å². The average molecular weight is 489 g/mol. The Balaban J connectivity index is 1.17. The van der Waals surface area contributed by atoms with Gasteiger partial charge in [-0.05, 0) is 56.3 Å². The first kappa shape index (κ1) is 25.3. The third-order valence-corrected chi connectivity index (χ3v) is 8.99. The Morgan fingerprint density at radius 1 is 0.853 bits per heavy atom. The monoisotopic (exact) mass is 488 g/mol. The molecule has 0 aromatic rings. The summed E-state index contributed by atoms with van der Waals surface area (Å²) in [7, 11) is 0. The van der Waals surface area contributed by atoms with Crippen molar-refractivity contribution in [3.8, 4) is 0 Å². The van der Waals surface area contributed by atoms with Gasteiger partial charge in [-0.25, -0.2) is 0 Å². The number of hydrogen-bond acceptors (Lipinski definition) is 10. The molecule has 0 radical (unpaired) electrons. The fourth-order valence-electron chi connectivity index (χ4n) is 6.75. The summed E-state index contributed by atoms with van der Waals surface area (Å²) in [5.41, 5.74) is -0.856. The first-order valence-electron chi connectivity index (χ1n) is 12.5. The van der Waals surface area contributed by atoms with Crippen LogP contribution in [0.5, 0.6) is 0 Å². The zero-order valence-electron chi connectivity index (χ0n) is 20.5. The summed E-state index contributed by atoms with van der Waals surface area (Å²) < 4.78 is 34.6. The van der Waals surface area contributed by atoms with Crippen molar-refractivity contribution in [1.29, 1.82) is 0 Å². The summed E-state index contributed by atoms with van der Waals surface area (Å²) in [5, 5.41) is 42.1. The van der Waals surface area contributed by atoms with Gasteiger partial charge in [-0.1, -0.05) is 13.8 Å². The lowest BCUT2D eigenvalue weighted by molar-refractivity contribution is -0.313. The first-order valence-corrected chi connectivity index (χ1v) is 12.5. The topological polar surface area (TPSA) is 136 Å². The molecular formula is C24H40O10. The summed E-state index contributed by atoms with van der Waals surface area (Å²) in [6.45, 7) is 8.60. The van der Waals surface area contributed by atoms with Gasteiger partial charge in [0.25, 0.3) is 0 Å². The molecule has 34 heavy (non-hydrogen) atoms. The lowest BCUT2D eigenvalue weighted by Gasteiger charge is -2.43. The molecule has 0 amide bonds. The van der Waals surface area contributed by atoms with E-state index in [9.17, 15) is 20.4 Å². The summed E-state index contributed by atoms with van der Waals surface area (Å²) in [5.74, 6) is 0.824. The van der Waals surface area contributed by atoms with Gasteiger partial charge in [0.1, 0.15) is 36.1 Å². The van der Waals surface area contributed by atoms with E-state index in [1.165, 1.54) is 19.3 Å². The highest BCUT2D eigenvalue weighted by Crippen LogP contribution is 2.59. The minimum atomic E-state index is -1.45. The maximum Gasteiger partial charge on any atom is 0.186 e. The Hall–Kier alpha value is -0.400. The van der Waals surface area contributed by atoms with Gasteiger partial charge in [0.05, 0.1) is 26.4 Å². The molecule has 0 unspecified atom stereocenters. The molecule has 5 rings (SSSR count). The number of hydrogen-bond donors (Lipinski definition) is 4. The van der Waals surface area contributed by atoms with Crippen molar-refractivity contribution >= 4 is 0 Å². The van der Waals surface area contributed by atoms with E-state index in [2.05, 4.69) is 13.8 Å². The maximum atomic E-state index is 10.7. The number of aliphatic hydroxyl groups is 4. The van der Waals surface area contributed by atoms with Gasteiger partial charge in [-0.2, -0.15) is 0 Å². The second-order valence-electron chi connectivity index (χ2n) is 11.9. The van der Waals surface area contributed by atoms with Crippen molar-refractivity contribution in [2.75, 3.05) is 26.4 Å². The molecule has 5 fully saturated rings. The van der Waals surface area contributed by atoms with E-state index >= 15 is 0 Å². The quantitative estimate of drug-likeness (QED) is 0.409. The molecule has 3 heterocycles. The van der Waals surface area contributed by atoms with E-state index in [-0.39, 0.29) is 25.2 Å². The lowest BCUT2D eigenvalue weighted by atomic mass is 9.69. The van der Waals surface area contributed by atoms with Crippen molar-refractivity contribution in [1.82, 2.24) is 0 Å². The van der Waals surface area contributed by atoms with Gasteiger partial charge in [-0.15, -0.1) is 0 Å². The fourth-order valence-corrected chi connectivity index (χ4v) is 6.75. The molecule has 10 nitrogen and oxygen atoms in total. The number of fused-ring (bicyclic) bond motifs is 2. The van der Waals surface area contributed by atoms with Gasteiger partial charge in [-0.3, -0.25) is 0 Å². The van der Waals surface area contributed by atoms with Gasteiger partial charge < -0.3 is 48.8 Å². The third-order valence-electron chi connectivity index (χ3n) is 8.99. The third kappa shape index (κ3) is 4.23. The smallest absolute Gasteiger partial charge is 0.186 e. The zero-order chi connectivity index (χ0) is 24.5. The van der Waals surface area contributed by atoms with Crippen LogP contribution in [-0.4, -0.2) is 101 Å². The number of ether oxygens (including phenoxy) is 6. The molecule has 5 aliphatic rings. The number of aliphatic hydroxyl groups excluding tert-OH is 4. The predicted octanol–water partition coefficient (Wildman–Crippen LogP) is 0.138. The van der Waals surface area contributed by atoms with Crippen molar-refractivity contribution in [3.63, 3.8) is 0 Å². The van der Waals surface area contributed by atoms with Gasteiger partial charge in [0.2, 0.25) is 0 Å². The normalized spacial score (nSPS) is 51.5. The molecule has 11 atom stereocenters. The standard InChI is InChI=1S/C24H40O10/c1-22(2)13-6-5-12(7-13)14(22)8-29-20-18(27)17(26)16(25)15(33-20)9-30-21-19(28)24(10-31-21)11-32-23(3,4)34-24/h12-21,25-28H,5-11H2,1-4H3/t12-,13+,14-,15-,16-,17+,18-,19+,20-,21-,24+/m1/s1. The molecule has 4 N–H and O–H groups in total. The second kappa shape index (κ2) is 8.86. The highest BCUT2D eigenvalue weighted by Gasteiger charge is 2.58. The molecule has 10 heteroatoms. The average Bonchev–Trinajstić information content (AvgIpc) is 3.51. The number of rotatable bonds is 6. The minimum Gasteiger partial charge on any atom is -0.387 e. The maximum absolute atomic E-state index is 10.7. The highest BCUT2D eigenvalue weighted by atomic mass is 16.8. The van der Waals surface area contributed by atoms with Crippen LogP contribution in [0.3, 0.4) is 0 Å². The molecule has 3 aliphatic heterocycles. The van der Waals surface area contributed by atoms with Gasteiger partial charge in [0, 0.05) is 0 Å². The molecular weight excluding hydrogens is 448 g/mol. The molecule has 3 saturated heterocycles. The molecule has 2 aliphatic carbocycles. The SMILES string of the molecule is CC1(C)OC[C@]2(CO[C@@H](OC[C@H]3O[C@@H](OC[C@@H]4[C@@H]5CC[C@@H](C5)C4(C)C)[C@H](O)[C@@H](O)[C@@H]3O)[C@@H]2O)O1. The van der Waals surface area contributed by atoms with E-state index in [1.807, 2.05) is 0 Å².